The van der Waals surface area contributed by atoms with Crippen molar-refractivity contribution in [3.8, 4) is 0 Å². The van der Waals surface area contributed by atoms with Gasteiger partial charge in [0.15, 0.2) is 0 Å². The molecule has 0 unspecified atom stereocenters. The van der Waals surface area contributed by atoms with Gasteiger partial charge >= 0.3 is 5.97 Å². The zero-order chi connectivity index (χ0) is 13.1. The molecule has 1 aromatic carbocycles. The van der Waals surface area contributed by atoms with Crippen LogP contribution in [0.4, 0.5) is 0 Å². The molecule has 0 aromatic heterocycles. The number of hydrogen-bond donors (Lipinski definition) is 1. The minimum Gasteiger partial charge on any atom is -0.480 e. The summed E-state index contributed by atoms with van der Waals surface area (Å²) in [5.74, 6) is -2.23. The van der Waals surface area contributed by atoms with Crippen LogP contribution in [0.3, 0.4) is 0 Å². The Hall–Kier alpha value is -1.89. The smallest absolute Gasteiger partial charge is 0.324 e. The summed E-state index contributed by atoms with van der Waals surface area (Å²) in [6.45, 7) is 0.121. The van der Waals surface area contributed by atoms with Crippen molar-refractivity contribution in [2.45, 2.75) is 11.8 Å². The molecule has 0 spiro atoms. The molecule has 0 aliphatic carbocycles. The SMILES string of the molecule is CC(=O)N(CC(=O)O)S(=O)(=O)c1ccccc1. The molecule has 0 aliphatic rings. The molecule has 1 amide bonds. The second-order valence-electron chi connectivity index (χ2n) is 3.24. The molecule has 7 heteroatoms. The highest BCUT2D eigenvalue weighted by molar-refractivity contribution is 7.89. The first-order valence-electron chi connectivity index (χ1n) is 4.66. The van der Waals surface area contributed by atoms with E-state index in [4.69, 9.17) is 5.11 Å². The number of aliphatic carboxylic acids is 1. The van der Waals surface area contributed by atoms with E-state index in [0.29, 0.717) is 4.31 Å². The van der Waals surface area contributed by atoms with E-state index in [0.717, 1.165) is 6.92 Å². The van der Waals surface area contributed by atoms with E-state index in [1.165, 1.54) is 24.3 Å². The van der Waals surface area contributed by atoms with Crippen LogP contribution in [-0.4, -0.2) is 36.3 Å². The third kappa shape index (κ3) is 3.04. The Kier molecular flexibility index (Phi) is 3.84. The number of benzene rings is 1. The summed E-state index contributed by atoms with van der Waals surface area (Å²) in [4.78, 5) is 21.6. The van der Waals surface area contributed by atoms with Gasteiger partial charge in [0.05, 0.1) is 4.90 Å². The van der Waals surface area contributed by atoms with Crippen molar-refractivity contribution in [1.82, 2.24) is 4.31 Å². The summed E-state index contributed by atoms with van der Waals surface area (Å²) < 4.78 is 24.2. The Morgan fingerprint density at radius 2 is 1.76 bits per heavy atom. The van der Waals surface area contributed by atoms with Gasteiger partial charge < -0.3 is 5.11 Å². The van der Waals surface area contributed by atoms with Crippen molar-refractivity contribution in [3.63, 3.8) is 0 Å². The Morgan fingerprint density at radius 3 is 2.18 bits per heavy atom. The molecular weight excluding hydrogens is 246 g/mol. The van der Waals surface area contributed by atoms with Crippen LogP contribution in [0.15, 0.2) is 35.2 Å². The third-order valence-electron chi connectivity index (χ3n) is 1.96. The van der Waals surface area contributed by atoms with Gasteiger partial charge in [-0.2, -0.15) is 0 Å². The number of sulfonamides is 1. The highest BCUT2D eigenvalue weighted by atomic mass is 32.2. The Balaban J connectivity index is 3.19. The fourth-order valence-electron chi connectivity index (χ4n) is 1.21. The van der Waals surface area contributed by atoms with Gasteiger partial charge in [0.2, 0.25) is 5.91 Å². The maximum atomic E-state index is 12.0. The van der Waals surface area contributed by atoms with E-state index < -0.39 is 28.4 Å². The molecule has 0 radical (unpaired) electrons. The molecule has 6 nitrogen and oxygen atoms in total. The summed E-state index contributed by atoms with van der Waals surface area (Å²) >= 11 is 0. The summed E-state index contributed by atoms with van der Waals surface area (Å²) in [7, 11) is -4.09. The topological polar surface area (TPSA) is 91.8 Å². The van der Waals surface area contributed by atoms with Crippen LogP contribution >= 0.6 is 0 Å². The van der Waals surface area contributed by atoms with Crippen LogP contribution in [0.5, 0.6) is 0 Å². The van der Waals surface area contributed by atoms with Crippen LogP contribution in [0.25, 0.3) is 0 Å². The lowest BCUT2D eigenvalue weighted by Gasteiger charge is -2.18. The number of nitrogens with zero attached hydrogens (tertiary/aromatic N) is 1. The van der Waals surface area contributed by atoms with Crippen LogP contribution in [0.2, 0.25) is 0 Å². The minimum absolute atomic E-state index is 0.114. The van der Waals surface area contributed by atoms with Crippen molar-refractivity contribution in [2.24, 2.45) is 0 Å². The maximum absolute atomic E-state index is 12.0. The quantitative estimate of drug-likeness (QED) is 0.838. The summed E-state index contributed by atoms with van der Waals surface area (Å²) in [6.07, 6.45) is 0. The Bertz CT molecular complexity index is 523. The average Bonchev–Trinajstić information content (AvgIpc) is 2.26. The fraction of sp³-hybridized carbons (Fsp3) is 0.200. The first-order chi connectivity index (χ1) is 7.85. The normalized spacial score (nSPS) is 10.9. The van der Waals surface area contributed by atoms with Gasteiger partial charge in [0.1, 0.15) is 6.54 Å². The lowest BCUT2D eigenvalue weighted by Crippen LogP contribution is -2.39. The van der Waals surface area contributed by atoms with Gasteiger partial charge in [-0.15, -0.1) is 0 Å². The maximum Gasteiger partial charge on any atom is 0.324 e. The van der Waals surface area contributed by atoms with Crippen molar-refractivity contribution >= 4 is 21.9 Å². The van der Waals surface area contributed by atoms with Gasteiger partial charge in [0.25, 0.3) is 10.0 Å². The summed E-state index contributed by atoms with van der Waals surface area (Å²) in [5, 5.41) is 8.58. The molecule has 0 saturated heterocycles. The molecule has 0 saturated carbocycles. The van der Waals surface area contributed by atoms with E-state index in [-0.39, 0.29) is 4.90 Å². The van der Waals surface area contributed by atoms with Crippen molar-refractivity contribution in [3.05, 3.63) is 30.3 Å². The first-order valence-corrected chi connectivity index (χ1v) is 6.10. The van der Waals surface area contributed by atoms with Crippen molar-refractivity contribution < 1.29 is 23.1 Å². The van der Waals surface area contributed by atoms with Gasteiger partial charge in [-0.3, -0.25) is 9.59 Å². The molecule has 1 N–H and O–H groups in total. The molecule has 0 fully saturated rings. The van der Waals surface area contributed by atoms with Gasteiger partial charge in [-0.25, -0.2) is 12.7 Å². The molecule has 1 rings (SSSR count). The van der Waals surface area contributed by atoms with Crippen LogP contribution < -0.4 is 0 Å². The van der Waals surface area contributed by atoms with Crippen LogP contribution in [0.1, 0.15) is 6.92 Å². The molecule has 92 valence electrons. The van der Waals surface area contributed by atoms with Gasteiger partial charge in [-0.1, -0.05) is 18.2 Å². The number of carbonyl (C=O) groups is 2. The second kappa shape index (κ2) is 4.96. The lowest BCUT2D eigenvalue weighted by atomic mass is 10.4. The minimum atomic E-state index is -4.09. The summed E-state index contributed by atoms with van der Waals surface area (Å²) in [6, 6.07) is 7.20. The van der Waals surface area contributed by atoms with Crippen molar-refractivity contribution in [1.29, 1.82) is 0 Å². The Morgan fingerprint density at radius 1 is 1.24 bits per heavy atom. The molecule has 17 heavy (non-hydrogen) atoms. The summed E-state index contributed by atoms with van der Waals surface area (Å²) in [5.41, 5.74) is 0. The standard InChI is InChI=1S/C10H11NO5S/c1-8(12)11(7-10(13)14)17(15,16)9-5-3-2-4-6-9/h2-6H,7H2,1H3,(H,13,14). The molecule has 0 atom stereocenters. The van der Waals surface area contributed by atoms with Gasteiger partial charge in [0, 0.05) is 6.92 Å². The predicted molar refractivity (Wildman–Crippen MR) is 58.7 cm³/mol. The third-order valence-corrected chi connectivity index (χ3v) is 3.80. The van der Waals surface area contributed by atoms with E-state index in [1.54, 1.807) is 6.07 Å². The van der Waals surface area contributed by atoms with E-state index in [9.17, 15) is 18.0 Å². The highest BCUT2D eigenvalue weighted by Crippen LogP contribution is 2.14. The number of carbonyl (C=O) groups excluding carboxylic acids is 1. The zero-order valence-electron chi connectivity index (χ0n) is 9.03. The Labute approximate surface area is 98.5 Å². The van der Waals surface area contributed by atoms with Gasteiger partial charge in [-0.05, 0) is 12.1 Å². The number of rotatable bonds is 4. The lowest BCUT2D eigenvalue weighted by molar-refractivity contribution is -0.140. The van der Waals surface area contributed by atoms with E-state index in [2.05, 4.69) is 0 Å². The van der Waals surface area contributed by atoms with Crippen molar-refractivity contribution in [2.75, 3.05) is 6.54 Å². The molecule has 1 aromatic rings. The highest BCUT2D eigenvalue weighted by Gasteiger charge is 2.28. The molecular formula is C10H11NO5S. The number of hydrogen-bond acceptors (Lipinski definition) is 4. The largest absolute Gasteiger partial charge is 0.480 e. The van der Waals surface area contributed by atoms with Crippen LogP contribution in [-0.2, 0) is 19.6 Å². The van der Waals surface area contributed by atoms with Crippen LogP contribution in [0, 0.1) is 0 Å². The monoisotopic (exact) mass is 257 g/mol. The molecule has 0 heterocycles. The predicted octanol–water partition coefficient (Wildman–Crippen LogP) is 0.308. The van der Waals surface area contributed by atoms with E-state index >= 15 is 0 Å². The number of carboxylic acid groups (broad SMARTS) is 1. The zero-order valence-corrected chi connectivity index (χ0v) is 9.85. The number of carboxylic acids is 1. The average molecular weight is 257 g/mol. The van der Waals surface area contributed by atoms with E-state index in [1.807, 2.05) is 0 Å². The first kappa shape index (κ1) is 13.2. The molecule has 0 bridgehead atoms. The number of amides is 1. The molecule has 0 aliphatic heterocycles. The fourth-order valence-corrected chi connectivity index (χ4v) is 2.58. The second-order valence-corrected chi connectivity index (χ2v) is 5.10.